The van der Waals surface area contributed by atoms with Gasteiger partial charge in [-0.3, -0.25) is 9.59 Å². The normalized spacial score (nSPS) is 18.2. The molecule has 0 bridgehead atoms. The maximum Gasteiger partial charge on any atom is 0.320 e. The number of carbonyl (C=O) groups is 2. The van der Waals surface area contributed by atoms with Crippen molar-refractivity contribution in [3.8, 4) is 0 Å². The molecule has 7 nitrogen and oxygen atoms in total. The Hall–Kier alpha value is -1.02. The summed E-state index contributed by atoms with van der Waals surface area (Å²) in [6.07, 6.45) is 0.0303. The predicted octanol–water partition coefficient (Wildman–Crippen LogP) is -1.83. The molecule has 7 heteroatoms. The van der Waals surface area contributed by atoms with Gasteiger partial charge in [0.2, 0.25) is 0 Å². The van der Waals surface area contributed by atoms with Crippen LogP contribution in [0.4, 0.5) is 0 Å². The van der Waals surface area contributed by atoms with E-state index in [1.54, 1.807) is 0 Å². The van der Waals surface area contributed by atoms with Crippen molar-refractivity contribution < 1.29 is 19.8 Å². The Morgan fingerprint density at radius 3 is 2.00 bits per heavy atom. The zero-order valence-corrected chi connectivity index (χ0v) is 9.87. The number of carboxylic acid groups (broad SMARTS) is 1. The van der Waals surface area contributed by atoms with Crippen LogP contribution in [0.3, 0.4) is 0 Å². The van der Waals surface area contributed by atoms with Crippen molar-refractivity contribution in [1.29, 1.82) is 0 Å². The summed E-state index contributed by atoms with van der Waals surface area (Å²) in [6.45, 7) is 1.41. The van der Waals surface area contributed by atoms with Gasteiger partial charge in [-0.1, -0.05) is 0 Å². The molecule has 100 valence electrons. The number of nitrogens with two attached hydrogens (primary N) is 3. The van der Waals surface area contributed by atoms with Crippen LogP contribution in [0, 0.1) is 0 Å². The monoisotopic (exact) mass is 247 g/mol. The molecule has 0 rings (SSSR count). The third kappa shape index (κ3) is 5.73. The van der Waals surface area contributed by atoms with Crippen molar-refractivity contribution in [3.05, 3.63) is 0 Å². The summed E-state index contributed by atoms with van der Waals surface area (Å²) in [6, 6.07) is -2.73. The van der Waals surface area contributed by atoms with Crippen molar-refractivity contribution in [2.75, 3.05) is 0 Å². The maximum absolute atomic E-state index is 11.5. The first-order valence-electron chi connectivity index (χ1n) is 5.48. The van der Waals surface area contributed by atoms with Crippen LogP contribution < -0.4 is 17.2 Å². The number of aliphatic carboxylic acids is 1. The number of hydrogen-bond donors (Lipinski definition) is 5. The number of aliphatic hydroxyl groups is 1. The van der Waals surface area contributed by atoms with Crippen LogP contribution in [0.2, 0.25) is 0 Å². The number of aliphatic hydroxyl groups excluding tert-OH is 1. The summed E-state index contributed by atoms with van der Waals surface area (Å²) in [4.78, 5) is 22.0. The third-order valence-electron chi connectivity index (χ3n) is 2.56. The van der Waals surface area contributed by atoms with Gasteiger partial charge in [-0.15, -0.1) is 0 Å². The van der Waals surface area contributed by atoms with E-state index in [-0.39, 0.29) is 6.42 Å². The molecule has 0 aromatic heterocycles. The molecule has 17 heavy (non-hydrogen) atoms. The summed E-state index contributed by atoms with van der Waals surface area (Å²) in [7, 11) is 0. The number of rotatable bonds is 8. The van der Waals surface area contributed by atoms with Gasteiger partial charge in [0.1, 0.15) is 6.04 Å². The van der Waals surface area contributed by atoms with Gasteiger partial charge < -0.3 is 27.4 Å². The summed E-state index contributed by atoms with van der Waals surface area (Å²) in [5, 5.41) is 17.7. The molecule has 0 saturated carbocycles. The van der Waals surface area contributed by atoms with Crippen LogP contribution in [0.15, 0.2) is 0 Å². The lowest BCUT2D eigenvalue weighted by Crippen LogP contribution is -2.48. The molecule has 8 N–H and O–H groups in total. The number of ketones is 1. The molecule has 0 saturated heterocycles. The second-order valence-electron chi connectivity index (χ2n) is 4.15. The molecular formula is C10H21N3O4. The van der Waals surface area contributed by atoms with Gasteiger partial charge in [0.25, 0.3) is 0 Å². The quantitative estimate of drug-likeness (QED) is 0.338. The van der Waals surface area contributed by atoms with Crippen molar-refractivity contribution >= 4 is 11.8 Å². The number of Topliss-reactive ketones (excluding diaryl/α,β-unsaturated/α-hetero) is 1. The largest absolute Gasteiger partial charge is 0.480 e. The highest BCUT2D eigenvalue weighted by molar-refractivity contribution is 5.89. The summed E-state index contributed by atoms with van der Waals surface area (Å²) in [5.41, 5.74) is 16.3. The third-order valence-corrected chi connectivity index (χ3v) is 2.56. The fraction of sp³-hybridized carbons (Fsp3) is 0.800. The Morgan fingerprint density at radius 2 is 1.59 bits per heavy atom. The smallest absolute Gasteiger partial charge is 0.320 e. The molecule has 0 fully saturated rings. The van der Waals surface area contributed by atoms with Crippen LogP contribution in [0.1, 0.15) is 26.2 Å². The van der Waals surface area contributed by atoms with Crippen LogP contribution in [-0.4, -0.2) is 46.2 Å². The average Bonchev–Trinajstić information content (AvgIpc) is 2.26. The van der Waals surface area contributed by atoms with Crippen LogP contribution in [-0.2, 0) is 9.59 Å². The molecule has 0 aromatic rings. The summed E-state index contributed by atoms with van der Waals surface area (Å²) < 4.78 is 0. The zero-order chi connectivity index (χ0) is 13.6. The van der Waals surface area contributed by atoms with E-state index in [9.17, 15) is 9.59 Å². The maximum atomic E-state index is 11.5. The van der Waals surface area contributed by atoms with Gasteiger partial charge in [-0.25, -0.2) is 0 Å². The van der Waals surface area contributed by atoms with Gasteiger partial charge in [-0.2, -0.15) is 0 Å². The molecular weight excluding hydrogens is 226 g/mol. The van der Waals surface area contributed by atoms with E-state index in [1.165, 1.54) is 6.92 Å². The van der Waals surface area contributed by atoms with E-state index in [1.807, 2.05) is 0 Å². The summed E-state index contributed by atoms with van der Waals surface area (Å²) in [5.74, 6) is -1.51. The Balaban J connectivity index is 3.98. The fourth-order valence-corrected chi connectivity index (χ4v) is 1.31. The topological polar surface area (TPSA) is 153 Å². The van der Waals surface area contributed by atoms with Gasteiger partial charge in [0.05, 0.1) is 18.2 Å². The highest BCUT2D eigenvalue weighted by Gasteiger charge is 2.24. The highest BCUT2D eigenvalue weighted by atomic mass is 16.4. The molecule has 0 heterocycles. The van der Waals surface area contributed by atoms with Crippen molar-refractivity contribution in [2.24, 2.45) is 17.2 Å². The van der Waals surface area contributed by atoms with E-state index in [2.05, 4.69) is 0 Å². The Kier molecular flexibility index (Phi) is 6.89. The van der Waals surface area contributed by atoms with E-state index < -0.39 is 36.0 Å². The average molecular weight is 247 g/mol. The van der Waals surface area contributed by atoms with Crippen molar-refractivity contribution in [2.45, 2.75) is 50.4 Å². The number of hydrogen-bond acceptors (Lipinski definition) is 6. The van der Waals surface area contributed by atoms with Crippen LogP contribution in [0.25, 0.3) is 0 Å². The molecule has 0 aliphatic carbocycles. The van der Waals surface area contributed by atoms with Gasteiger partial charge >= 0.3 is 5.97 Å². The highest BCUT2D eigenvalue weighted by Crippen LogP contribution is 2.05. The SMILES string of the molecule is C[C@@H](O)[C@H](N)C(=O)C(N)CCC[C@@H](N)C(=O)O. The van der Waals surface area contributed by atoms with Crippen molar-refractivity contribution in [3.63, 3.8) is 0 Å². The van der Waals surface area contributed by atoms with Crippen LogP contribution >= 0.6 is 0 Å². The van der Waals surface area contributed by atoms with Gasteiger partial charge in [-0.05, 0) is 26.2 Å². The first-order valence-corrected chi connectivity index (χ1v) is 5.48. The van der Waals surface area contributed by atoms with E-state index in [0.717, 1.165) is 0 Å². The molecule has 0 radical (unpaired) electrons. The molecule has 1 unspecified atom stereocenters. The minimum atomic E-state index is -1.08. The minimum Gasteiger partial charge on any atom is -0.480 e. The molecule has 0 aromatic carbocycles. The standard InChI is InChI=1S/C10H21N3O4/c1-5(14)8(13)9(15)6(11)3-2-4-7(12)10(16)17/h5-8,14H,2-4,11-13H2,1H3,(H,16,17)/t5-,6?,7-,8+/m1/s1. The Labute approximate surface area is 100.0 Å². The van der Waals surface area contributed by atoms with Crippen molar-refractivity contribution in [1.82, 2.24) is 0 Å². The predicted molar refractivity (Wildman–Crippen MR) is 62.1 cm³/mol. The zero-order valence-electron chi connectivity index (χ0n) is 9.87. The minimum absolute atomic E-state index is 0.250. The van der Waals surface area contributed by atoms with E-state index in [4.69, 9.17) is 27.4 Å². The lowest BCUT2D eigenvalue weighted by Gasteiger charge is -2.18. The first kappa shape index (κ1) is 16.0. The lowest BCUT2D eigenvalue weighted by molar-refractivity contribution is -0.138. The fourth-order valence-electron chi connectivity index (χ4n) is 1.31. The lowest BCUT2D eigenvalue weighted by atomic mass is 9.97. The Bertz CT molecular complexity index is 270. The number of carboxylic acids is 1. The van der Waals surface area contributed by atoms with E-state index >= 15 is 0 Å². The second-order valence-corrected chi connectivity index (χ2v) is 4.15. The first-order chi connectivity index (χ1) is 7.77. The van der Waals surface area contributed by atoms with Gasteiger partial charge in [0, 0.05) is 0 Å². The Morgan fingerprint density at radius 1 is 1.12 bits per heavy atom. The molecule has 0 aliphatic heterocycles. The van der Waals surface area contributed by atoms with Gasteiger partial charge in [0.15, 0.2) is 5.78 Å². The summed E-state index contributed by atoms with van der Waals surface area (Å²) >= 11 is 0. The molecule has 0 aliphatic rings. The molecule has 4 atom stereocenters. The second kappa shape index (κ2) is 7.33. The molecule has 0 amide bonds. The number of carbonyl (C=O) groups excluding carboxylic acids is 1. The molecule has 0 spiro atoms. The van der Waals surface area contributed by atoms with Crippen LogP contribution in [0.5, 0.6) is 0 Å². The van der Waals surface area contributed by atoms with E-state index in [0.29, 0.717) is 12.8 Å².